The van der Waals surface area contributed by atoms with Crippen LogP contribution in [0.15, 0.2) is 24.3 Å². The number of rotatable bonds is 11. The molecule has 0 unspecified atom stereocenters. The lowest BCUT2D eigenvalue weighted by atomic mass is 10.0. The third kappa shape index (κ3) is 7.60. The van der Waals surface area contributed by atoms with Crippen LogP contribution in [0.2, 0.25) is 0 Å². The summed E-state index contributed by atoms with van der Waals surface area (Å²) in [6, 6.07) is 6.19. The van der Waals surface area contributed by atoms with Crippen LogP contribution in [-0.4, -0.2) is 35.6 Å². The highest BCUT2D eigenvalue weighted by Crippen LogP contribution is 2.15. The van der Waals surface area contributed by atoms with Crippen molar-refractivity contribution in [3.05, 3.63) is 34.4 Å². The summed E-state index contributed by atoms with van der Waals surface area (Å²) in [7, 11) is 0. The molecule has 7 heteroatoms. The van der Waals surface area contributed by atoms with Gasteiger partial charge in [0, 0.05) is 43.9 Å². The number of anilines is 1. The molecule has 0 fully saturated rings. The van der Waals surface area contributed by atoms with Crippen LogP contribution in [-0.2, 0) is 4.79 Å². The lowest BCUT2D eigenvalue weighted by molar-refractivity contribution is -0.384. The van der Waals surface area contributed by atoms with Gasteiger partial charge in [-0.3, -0.25) is 14.9 Å². The Hall–Kier alpha value is -2.15. The van der Waals surface area contributed by atoms with Crippen molar-refractivity contribution in [2.45, 2.75) is 32.6 Å². The van der Waals surface area contributed by atoms with E-state index in [1.807, 2.05) is 6.92 Å². The first-order valence-electron chi connectivity index (χ1n) is 7.92. The number of nitro groups is 1. The van der Waals surface area contributed by atoms with E-state index in [0.29, 0.717) is 38.3 Å². The number of hydrogen-bond donors (Lipinski definition) is 3. The average Bonchev–Trinajstić information content (AvgIpc) is 2.55. The van der Waals surface area contributed by atoms with Gasteiger partial charge >= 0.3 is 0 Å². The number of carbonyl (C=O) groups excluding carboxylic acids is 1. The van der Waals surface area contributed by atoms with Gasteiger partial charge in [-0.2, -0.15) is 0 Å². The number of nitrogens with one attached hydrogen (secondary N) is 2. The van der Waals surface area contributed by atoms with Crippen molar-refractivity contribution in [1.29, 1.82) is 0 Å². The molecule has 0 heterocycles. The number of non-ortho nitro benzene ring substituents is 1. The number of benzene rings is 1. The number of amides is 1. The second-order valence-corrected chi connectivity index (χ2v) is 5.42. The molecule has 1 aromatic carbocycles. The van der Waals surface area contributed by atoms with Gasteiger partial charge in [-0.05, 0) is 30.9 Å². The van der Waals surface area contributed by atoms with Crippen molar-refractivity contribution in [1.82, 2.24) is 5.32 Å². The van der Waals surface area contributed by atoms with Crippen LogP contribution < -0.4 is 10.6 Å². The smallest absolute Gasteiger partial charge is 0.269 e. The molecule has 23 heavy (non-hydrogen) atoms. The van der Waals surface area contributed by atoms with Crippen LogP contribution in [0.4, 0.5) is 11.4 Å². The molecule has 0 aliphatic carbocycles. The molecule has 1 atom stereocenters. The maximum atomic E-state index is 11.7. The molecule has 0 saturated carbocycles. The van der Waals surface area contributed by atoms with Gasteiger partial charge in [-0.15, -0.1) is 0 Å². The predicted molar refractivity (Wildman–Crippen MR) is 89.3 cm³/mol. The van der Waals surface area contributed by atoms with Crippen LogP contribution in [0.25, 0.3) is 0 Å². The lowest BCUT2D eigenvalue weighted by Crippen LogP contribution is -2.29. The van der Waals surface area contributed by atoms with E-state index in [9.17, 15) is 14.9 Å². The molecule has 0 spiro atoms. The highest BCUT2D eigenvalue weighted by molar-refractivity contribution is 5.75. The van der Waals surface area contributed by atoms with Crippen molar-refractivity contribution in [3.8, 4) is 0 Å². The SMILES string of the molecule is CC[C@H](CCO)CNC(=O)CCCNc1ccc([N+](=O)[O-])cc1. The Balaban J connectivity index is 2.18. The monoisotopic (exact) mass is 323 g/mol. The second-order valence-electron chi connectivity index (χ2n) is 5.42. The average molecular weight is 323 g/mol. The molecule has 7 nitrogen and oxygen atoms in total. The van der Waals surface area contributed by atoms with Crippen molar-refractivity contribution >= 4 is 17.3 Å². The Morgan fingerprint density at radius 1 is 1.35 bits per heavy atom. The largest absolute Gasteiger partial charge is 0.396 e. The highest BCUT2D eigenvalue weighted by Gasteiger charge is 2.08. The zero-order valence-corrected chi connectivity index (χ0v) is 13.5. The van der Waals surface area contributed by atoms with Crippen LogP contribution in [0.5, 0.6) is 0 Å². The number of carbonyl (C=O) groups is 1. The molecule has 0 bridgehead atoms. The Morgan fingerprint density at radius 2 is 2.04 bits per heavy atom. The van der Waals surface area contributed by atoms with Gasteiger partial charge in [0.1, 0.15) is 0 Å². The van der Waals surface area contributed by atoms with Crippen molar-refractivity contribution in [3.63, 3.8) is 0 Å². The first kappa shape index (κ1) is 18.9. The van der Waals surface area contributed by atoms with E-state index in [1.165, 1.54) is 12.1 Å². The summed E-state index contributed by atoms with van der Waals surface area (Å²) in [5, 5.41) is 25.5. The van der Waals surface area contributed by atoms with Crippen LogP contribution in [0, 0.1) is 16.0 Å². The predicted octanol–water partition coefficient (Wildman–Crippen LogP) is 2.31. The van der Waals surface area contributed by atoms with Gasteiger partial charge in [-0.25, -0.2) is 0 Å². The van der Waals surface area contributed by atoms with E-state index in [-0.39, 0.29) is 18.2 Å². The summed E-state index contributed by atoms with van der Waals surface area (Å²) < 4.78 is 0. The Labute approximate surface area is 136 Å². The molecule has 1 amide bonds. The summed E-state index contributed by atoms with van der Waals surface area (Å²) in [5.41, 5.74) is 0.855. The second kappa shape index (κ2) is 10.6. The Morgan fingerprint density at radius 3 is 2.61 bits per heavy atom. The fourth-order valence-corrected chi connectivity index (χ4v) is 2.16. The van der Waals surface area contributed by atoms with E-state index in [4.69, 9.17) is 5.11 Å². The maximum absolute atomic E-state index is 11.7. The van der Waals surface area contributed by atoms with Crippen LogP contribution in [0.1, 0.15) is 32.6 Å². The number of aliphatic hydroxyl groups excluding tert-OH is 1. The van der Waals surface area contributed by atoms with Crippen LogP contribution >= 0.6 is 0 Å². The van der Waals surface area contributed by atoms with Gasteiger partial charge in [0.2, 0.25) is 5.91 Å². The number of aliphatic hydroxyl groups is 1. The van der Waals surface area contributed by atoms with Gasteiger partial charge in [0.15, 0.2) is 0 Å². The van der Waals surface area contributed by atoms with Gasteiger partial charge < -0.3 is 15.7 Å². The van der Waals surface area contributed by atoms with Gasteiger partial charge in [0.25, 0.3) is 5.69 Å². The first-order chi connectivity index (χ1) is 11.1. The molecular formula is C16H25N3O4. The molecule has 0 aromatic heterocycles. The number of nitrogens with zero attached hydrogens (tertiary/aromatic N) is 1. The summed E-state index contributed by atoms with van der Waals surface area (Å²) in [6.07, 6.45) is 2.75. The summed E-state index contributed by atoms with van der Waals surface area (Å²) in [5.74, 6) is 0.328. The minimum atomic E-state index is -0.436. The van der Waals surface area contributed by atoms with E-state index >= 15 is 0 Å². The van der Waals surface area contributed by atoms with E-state index < -0.39 is 4.92 Å². The first-order valence-corrected chi connectivity index (χ1v) is 7.92. The zero-order valence-electron chi connectivity index (χ0n) is 13.5. The maximum Gasteiger partial charge on any atom is 0.269 e. The zero-order chi connectivity index (χ0) is 17.1. The molecule has 1 aromatic rings. The molecule has 128 valence electrons. The normalized spacial score (nSPS) is 11.7. The molecule has 0 aliphatic heterocycles. The van der Waals surface area contributed by atoms with Crippen molar-refractivity contribution in [2.75, 3.05) is 25.0 Å². The third-order valence-corrected chi connectivity index (χ3v) is 3.69. The quantitative estimate of drug-likeness (QED) is 0.329. The topological polar surface area (TPSA) is 104 Å². The van der Waals surface area contributed by atoms with Crippen molar-refractivity contribution < 1.29 is 14.8 Å². The molecular weight excluding hydrogens is 298 g/mol. The third-order valence-electron chi connectivity index (χ3n) is 3.69. The van der Waals surface area contributed by atoms with Crippen LogP contribution in [0.3, 0.4) is 0 Å². The van der Waals surface area contributed by atoms with Gasteiger partial charge in [0.05, 0.1) is 4.92 Å². The standard InChI is InChI=1S/C16H25N3O4/c1-2-13(9-11-20)12-18-16(21)4-3-10-17-14-5-7-15(8-6-14)19(22)23/h5-8,13,17,20H,2-4,9-12H2,1H3,(H,18,21)/t13-/m1/s1. The molecule has 3 N–H and O–H groups in total. The minimum Gasteiger partial charge on any atom is -0.396 e. The fraction of sp³-hybridized carbons (Fsp3) is 0.562. The number of hydrogen-bond acceptors (Lipinski definition) is 5. The molecule has 0 radical (unpaired) electrons. The number of nitro benzene ring substituents is 1. The summed E-state index contributed by atoms with van der Waals surface area (Å²) in [4.78, 5) is 21.8. The highest BCUT2D eigenvalue weighted by atomic mass is 16.6. The minimum absolute atomic E-state index is 0.00638. The Bertz CT molecular complexity index is 491. The molecule has 0 aliphatic rings. The summed E-state index contributed by atoms with van der Waals surface area (Å²) >= 11 is 0. The van der Waals surface area contributed by atoms with Gasteiger partial charge in [-0.1, -0.05) is 13.3 Å². The molecule has 1 rings (SSSR count). The summed E-state index contributed by atoms with van der Waals surface area (Å²) in [6.45, 7) is 3.42. The fourth-order valence-electron chi connectivity index (χ4n) is 2.16. The lowest BCUT2D eigenvalue weighted by Gasteiger charge is -2.14. The van der Waals surface area contributed by atoms with E-state index in [0.717, 1.165) is 12.1 Å². The molecule has 0 saturated heterocycles. The van der Waals surface area contributed by atoms with E-state index in [1.54, 1.807) is 12.1 Å². The Kier molecular flexibility index (Phi) is 8.67. The van der Waals surface area contributed by atoms with E-state index in [2.05, 4.69) is 10.6 Å². The van der Waals surface area contributed by atoms with Crippen molar-refractivity contribution in [2.24, 2.45) is 5.92 Å².